The molecule has 0 amide bonds. The van der Waals surface area contributed by atoms with Gasteiger partial charge in [0.15, 0.2) is 0 Å². The highest BCUT2D eigenvalue weighted by Crippen LogP contribution is 2.28. The molecule has 0 heterocycles. The van der Waals surface area contributed by atoms with Crippen LogP contribution in [0, 0.1) is 0 Å². The van der Waals surface area contributed by atoms with Gasteiger partial charge >= 0.3 is 0 Å². The fourth-order valence-electron chi connectivity index (χ4n) is 2.17. The first-order valence-corrected chi connectivity index (χ1v) is 7.13. The number of hydrogen-bond acceptors (Lipinski definition) is 1. The number of hydrogen-bond donors (Lipinski definition) is 1. The molecule has 0 aromatic rings. The molecule has 0 atom stereocenters. The van der Waals surface area contributed by atoms with Gasteiger partial charge in [0, 0.05) is 5.70 Å². The first-order chi connectivity index (χ1) is 8.63. The van der Waals surface area contributed by atoms with E-state index < -0.39 is 0 Å². The molecule has 1 aliphatic rings. The van der Waals surface area contributed by atoms with Gasteiger partial charge in [-0.15, -0.1) is 0 Å². The molecular formula is C17H27N. The third-order valence-electron chi connectivity index (χ3n) is 3.39. The third kappa shape index (κ3) is 5.39. The van der Waals surface area contributed by atoms with Gasteiger partial charge in [0.2, 0.25) is 0 Å². The van der Waals surface area contributed by atoms with Crippen molar-refractivity contribution in [1.82, 2.24) is 0 Å². The van der Waals surface area contributed by atoms with Crippen LogP contribution in [0.25, 0.3) is 0 Å². The van der Waals surface area contributed by atoms with Crippen molar-refractivity contribution in [2.45, 2.75) is 59.3 Å². The maximum absolute atomic E-state index is 5.64. The van der Waals surface area contributed by atoms with E-state index in [0.29, 0.717) is 0 Å². The van der Waals surface area contributed by atoms with Crippen LogP contribution in [0.4, 0.5) is 0 Å². The van der Waals surface area contributed by atoms with E-state index in [-0.39, 0.29) is 0 Å². The molecule has 0 saturated carbocycles. The van der Waals surface area contributed by atoms with Crippen LogP contribution in [0.5, 0.6) is 0 Å². The van der Waals surface area contributed by atoms with Crippen LogP contribution in [-0.2, 0) is 0 Å². The Labute approximate surface area is 112 Å². The smallest absolute Gasteiger partial charge is 0.00489 e. The van der Waals surface area contributed by atoms with Crippen molar-refractivity contribution < 1.29 is 0 Å². The summed E-state index contributed by atoms with van der Waals surface area (Å²) in [6.45, 7) is 6.35. The van der Waals surface area contributed by atoms with Crippen molar-refractivity contribution in [3.8, 4) is 0 Å². The van der Waals surface area contributed by atoms with Crippen molar-refractivity contribution in [2.24, 2.45) is 5.73 Å². The highest BCUT2D eigenvalue weighted by molar-refractivity contribution is 5.43. The van der Waals surface area contributed by atoms with Gasteiger partial charge in [-0.2, -0.15) is 0 Å². The summed E-state index contributed by atoms with van der Waals surface area (Å²) >= 11 is 0. The molecule has 1 aliphatic carbocycles. The Morgan fingerprint density at radius 1 is 1.17 bits per heavy atom. The first-order valence-electron chi connectivity index (χ1n) is 7.13. The van der Waals surface area contributed by atoms with Crippen LogP contribution in [-0.4, -0.2) is 0 Å². The summed E-state index contributed by atoms with van der Waals surface area (Å²) in [6, 6.07) is 0. The number of nitrogens with two attached hydrogens (primary N) is 1. The van der Waals surface area contributed by atoms with Gasteiger partial charge in [0.1, 0.15) is 0 Å². The molecule has 0 saturated heterocycles. The summed E-state index contributed by atoms with van der Waals surface area (Å²) < 4.78 is 0. The normalized spacial score (nSPS) is 16.8. The number of allylic oxidation sites excluding steroid dienone is 8. The predicted molar refractivity (Wildman–Crippen MR) is 81.2 cm³/mol. The van der Waals surface area contributed by atoms with Gasteiger partial charge < -0.3 is 5.73 Å². The van der Waals surface area contributed by atoms with Crippen LogP contribution in [0.2, 0.25) is 0 Å². The SMILES string of the molecule is CCCCCCC1=CC=C(/C(C)=C/C=C(/C)N)C1. The largest absolute Gasteiger partial charge is 0.402 e. The van der Waals surface area contributed by atoms with E-state index in [1.54, 1.807) is 5.57 Å². The molecule has 1 heteroatoms. The fraction of sp³-hybridized carbons (Fsp3) is 0.529. The van der Waals surface area contributed by atoms with Crippen molar-refractivity contribution in [3.63, 3.8) is 0 Å². The molecule has 2 N–H and O–H groups in total. The Morgan fingerprint density at radius 3 is 2.61 bits per heavy atom. The zero-order valence-electron chi connectivity index (χ0n) is 12.1. The van der Waals surface area contributed by atoms with E-state index >= 15 is 0 Å². The molecule has 0 radical (unpaired) electrons. The minimum Gasteiger partial charge on any atom is -0.402 e. The van der Waals surface area contributed by atoms with Crippen LogP contribution in [0.3, 0.4) is 0 Å². The van der Waals surface area contributed by atoms with Crippen LogP contribution in [0.1, 0.15) is 59.3 Å². The van der Waals surface area contributed by atoms with Gasteiger partial charge in [0.05, 0.1) is 0 Å². The third-order valence-corrected chi connectivity index (χ3v) is 3.39. The topological polar surface area (TPSA) is 26.0 Å². The summed E-state index contributed by atoms with van der Waals surface area (Å²) in [6.07, 6.45) is 16.5. The van der Waals surface area contributed by atoms with Gasteiger partial charge in [0.25, 0.3) is 0 Å². The molecule has 0 bridgehead atoms. The highest BCUT2D eigenvalue weighted by Gasteiger charge is 2.09. The van der Waals surface area contributed by atoms with Crippen molar-refractivity contribution in [3.05, 3.63) is 46.7 Å². The molecule has 0 aromatic carbocycles. The molecule has 0 fully saturated rings. The summed E-state index contributed by atoms with van der Waals surface area (Å²) in [5.41, 5.74) is 10.9. The van der Waals surface area contributed by atoms with E-state index in [9.17, 15) is 0 Å². The summed E-state index contributed by atoms with van der Waals surface area (Å²) in [5.74, 6) is 0. The molecule has 0 spiro atoms. The maximum atomic E-state index is 5.64. The van der Waals surface area contributed by atoms with Crippen molar-refractivity contribution in [1.29, 1.82) is 0 Å². The molecule has 1 nitrogen and oxygen atoms in total. The Bertz CT molecular complexity index is 376. The fourth-order valence-corrected chi connectivity index (χ4v) is 2.17. The van der Waals surface area contributed by atoms with E-state index in [1.807, 2.05) is 13.0 Å². The lowest BCUT2D eigenvalue weighted by molar-refractivity contribution is 0.661. The zero-order valence-corrected chi connectivity index (χ0v) is 12.1. The lowest BCUT2D eigenvalue weighted by Gasteiger charge is -2.05. The van der Waals surface area contributed by atoms with Gasteiger partial charge in [-0.1, -0.05) is 50.0 Å². The van der Waals surface area contributed by atoms with Crippen molar-refractivity contribution in [2.75, 3.05) is 0 Å². The Morgan fingerprint density at radius 2 is 1.94 bits per heavy atom. The van der Waals surface area contributed by atoms with E-state index in [0.717, 1.165) is 12.1 Å². The predicted octanol–water partition coefficient (Wildman–Crippen LogP) is 5.02. The second-order valence-electron chi connectivity index (χ2n) is 5.26. The molecule has 18 heavy (non-hydrogen) atoms. The summed E-state index contributed by atoms with van der Waals surface area (Å²) in [4.78, 5) is 0. The summed E-state index contributed by atoms with van der Waals surface area (Å²) in [7, 11) is 0. The number of unbranched alkanes of at least 4 members (excludes halogenated alkanes) is 3. The minimum absolute atomic E-state index is 0.862. The standard InChI is InChI=1S/C17H27N/c1-4-5-6-7-8-16-11-12-17(13-16)14(2)9-10-15(3)18/h9-12H,4-8,13,18H2,1-3H3/b14-9+,15-10-. The van der Waals surface area contributed by atoms with Crippen LogP contribution >= 0.6 is 0 Å². The first kappa shape index (κ1) is 14.8. The van der Waals surface area contributed by atoms with Gasteiger partial charge in [-0.25, -0.2) is 0 Å². The average molecular weight is 245 g/mol. The molecule has 0 aliphatic heterocycles. The monoisotopic (exact) mass is 245 g/mol. The lowest BCUT2D eigenvalue weighted by Crippen LogP contribution is -1.90. The maximum Gasteiger partial charge on any atom is 0.00489 e. The van der Waals surface area contributed by atoms with Crippen LogP contribution < -0.4 is 5.73 Å². The Balaban J connectivity index is 2.35. The Hall–Kier alpha value is -1.24. The summed E-state index contributed by atoms with van der Waals surface area (Å²) in [5, 5.41) is 0. The molecule has 0 aromatic heterocycles. The van der Waals surface area contributed by atoms with E-state index in [1.165, 1.54) is 43.3 Å². The lowest BCUT2D eigenvalue weighted by atomic mass is 10.0. The van der Waals surface area contributed by atoms with Gasteiger partial charge in [-0.05, 0) is 50.3 Å². The van der Waals surface area contributed by atoms with Crippen molar-refractivity contribution >= 4 is 0 Å². The zero-order chi connectivity index (χ0) is 13.4. The molecule has 0 unspecified atom stereocenters. The minimum atomic E-state index is 0.862. The average Bonchev–Trinajstić information content (AvgIpc) is 2.80. The molecule has 1 rings (SSSR count). The second-order valence-corrected chi connectivity index (χ2v) is 5.26. The second kappa shape index (κ2) is 7.97. The Kier molecular flexibility index (Phi) is 6.56. The van der Waals surface area contributed by atoms with E-state index in [2.05, 4.69) is 32.1 Å². The molecular weight excluding hydrogens is 218 g/mol. The van der Waals surface area contributed by atoms with Gasteiger partial charge in [-0.3, -0.25) is 0 Å². The van der Waals surface area contributed by atoms with Crippen LogP contribution in [0.15, 0.2) is 46.7 Å². The van der Waals surface area contributed by atoms with E-state index in [4.69, 9.17) is 5.73 Å². The number of rotatable bonds is 7. The quantitative estimate of drug-likeness (QED) is 0.494. The molecule has 100 valence electrons. The highest BCUT2D eigenvalue weighted by atomic mass is 14.5.